The lowest BCUT2D eigenvalue weighted by Gasteiger charge is -2.33. The second kappa shape index (κ2) is 13.4. The Hall–Kier alpha value is -7.42. The van der Waals surface area contributed by atoms with Crippen LogP contribution in [0.1, 0.15) is 22.3 Å². The molecule has 0 unspecified atom stereocenters. The summed E-state index contributed by atoms with van der Waals surface area (Å²) in [6, 6.07) is 80.9. The lowest BCUT2D eigenvalue weighted by atomic mass is 9.67. The Labute approximate surface area is 332 Å². The Morgan fingerprint density at radius 1 is 0.368 bits per heavy atom. The molecular weight excluding hydrogens is 691 g/mol. The maximum atomic E-state index is 7.19. The minimum Gasteiger partial charge on any atom is -0.456 e. The van der Waals surface area contributed by atoms with Gasteiger partial charge in [-0.25, -0.2) is 0 Å². The van der Waals surface area contributed by atoms with Gasteiger partial charge in [-0.05, 0) is 92.5 Å². The SMILES string of the molecule is c1ccc(-c2cc(-c3ccccc3)cc(N(c3ccccc3)c3cccc4oc5c(C6(c7ccccc7)c7ccccc7-c7ccccc76)cccc5c34)c2)cc1. The van der Waals surface area contributed by atoms with E-state index in [-0.39, 0.29) is 0 Å². The van der Waals surface area contributed by atoms with E-state index in [1.54, 1.807) is 0 Å². The van der Waals surface area contributed by atoms with E-state index in [4.69, 9.17) is 4.42 Å². The molecular formula is C55H37NO. The molecule has 1 aliphatic carbocycles. The van der Waals surface area contributed by atoms with Gasteiger partial charge in [0.25, 0.3) is 0 Å². The highest BCUT2D eigenvalue weighted by molar-refractivity contribution is 6.15. The largest absolute Gasteiger partial charge is 0.456 e. The van der Waals surface area contributed by atoms with E-state index in [0.29, 0.717) is 0 Å². The van der Waals surface area contributed by atoms with Crippen molar-refractivity contribution in [1.82, 2.24) is 0 Å². The molecule has 11 rings (SSSR count). The average molecular weight is 728 g/mol. The van der Waals surface area contributed by atoms with E-state index in [9.17, 15) is 0 Å². The minimum absolute atomic E-state index is 0.588. The zero-order valence-electron chi connectivity index (χ0n) is 31.2. The highest BCUT2D eigenvalue weighted by atomic mass is 16.3. The van der Waals surface area contributed by atoms with Crippen LogP contribution in [-0.2, 0) is 5.41 Å². The fourth-order valence-corrected chi connectivity index (χ4v) is 9.33. The summed E-state index contributed by atoms with van der Waals surface area (Å²) >= 11 is 0. The van der Waals surface area contributed by atoms with Crippen LogP contribution in [-0.4, -0.2) is 0 Å². The van der Waals surface area contributed by atoms with Gasteiger partial charge in [-0.15, -0.1) is 0 Å². The second-order valence-electron chi connectivity index (χ2n) is 14.8. The van der Waals surface area contributed by atoms with Crippen molar-refractivity contribution in [3.8, 4) is 33.4 Å². The third-order valence-electron chi connectivity index (χ3n) is 11.7. The second-order valence-corrected chi connectivity index (χ2v) is 14.8. The predicted octanol–water partition coefficient (Wildman–Crippen LogP) is 14.8. The van der Waals surface area contributed by atoms with Gasteiger partial charge in [0.2, 0.25) is 0 Å². The molecule has 0 amide bonds. The van der Waals surface area contributed by atoms with Gasteiger partial charge in [-0.1, -0.05) is 182 Å². The molecule has 268 valence electrons. The van der Waals surface area contributed by atoms with Crippen molar-refractivity contribution in [2.45, 2.75) is 5.41 Å². The molecule has 0 bridgehead atoms. The van der Waals surface area contributed by atoms with Gasteiger partial charge in [0, 0.05) is 22.3 Å². The molecule has 1 heterocycles. The van der Waals surface area contributed by atoms with E-state index in [2.05, 4.69) is 229 Å². The predicted molar refractivity (Wildman–Crippen MR) is 237 cm³/mol. The maximum absolute atomic E-state index is 7.19. The molecule has 2 nitrogen and oxygen atoms in total. The first-order valence-corrected chi connectivity index (χ1v) is 19.6. The van der Waals surface area contributed by atoms with Crippen LogP contribution < -0.4 is 4.90 Å². The van der Waals surface area contributed by atoms with Crippen LogP contribution in [0, 0.1) is 0 Å². The zero-order valence-corrected chi connectivity index (χ0v) is 31.2. The zero-order chi connectivity index (χ0) is 37.8. The average Bonchev–Trinajstić information content (AvgIpc) is 3.83. The molecule has 0 saturated heterocycles. The first-order valence-electron chi connectivity index (χ1n) is 19.6. The Balaban J connectivity index is 1.20. The van der Waals surface area contributed by atoms with Gasteiger partial charge in [-0.2, -0.15) is 0 Å². The van der Waals surface area contributed by atoms with Crippen LogP contribution in [0.3, 0.4) is 0 Å². The standard InChI is InChI=1S/C55H37NO/c1-5-19-38(20-6-1)40-35-41(39-21-7-2-8-22-39)37-44(36-40)56(43-25-11-4-12-26-43)51-33-18-34-52-53(51)47-29-17-32-50(54(47)57-52)55(42-23-9-3-10-24-42)48-30-15-13-27-45(48)46-28-14-16-31-49(46)55/h1-37H. The molecule has 9 aromatic carbocycles. The van der Waals surface area contributed by atoms with Gasteiger partial charge < -0.3 is 9.32 Å². The molecule has 0 radical (unpaired) electrons. The lowest BCUT2D eigenvalue weighted by Crippen LogP contribution is -2.28. The molecule has 0 N–H and O–H groups in total. The number of rotatable bonds is 7. The first kappa shape index (κ1) is 33.0. The molecule has 10 aromatic rings. The molecule has 2 heteroatoms. The first-order chi connectivity index (χ1) is 28.3. The molecule has 0 spiro atoms. The smallest absolute Gasteiger partial charge is 0.140 e. The number of hydrogen-bond acceptors (Lipinski definition) is 2. The van der Waals surface area contributed by atoms with Crippen molar-refractivity contribution in [3.63, 3.8) is 0 Å². The van der Waals surface area contributed by atoms with Crippen LogP contribution >= 0.6 is 0 Å². The van der Waals surface area contributed by atoms with E-state index in [0.717, 1.165) is 55.7 Å². The number of nitrogens with zero attached hydrogens (tertiary/aromatic N) is 1. The van der Waals surface area contributed by atoms with Crippen molar-refractivity contribution >= 4 is 39.0 Å². The van der Waals surface area contributed by atoms with E-state index in [1.165, 1.54) is 38.9 Å². The Morgan fingerprint density at radius 2 is 0.877 bits per heavy atom. The van der Waals surface area contributed by atoms with Gasteiger partial charge in [0.05, 0.1) is 16.5 Å². The van der Waals surface area contributed by atoms with Gasteiger partial charge >= 0.3 is 0 Å². The Bertz CT molecular complexity index is 2950. The summed E-state index contributed by atoms with van der Waals surface area (Å²) in [6.45, 7) is 0. The van der Waals surface area contributed by atoms with Crippen LogP contribution in [0.5, 0.6) is 0 Å². The fourth-order valence-electron chi connectivity index (χ4n) is 9.33. The molecule has 0 saturated carbocycles. The van der Waals surface area contributed by atoms with Crippen LogP contribution in [0.2, 0.25) is 0 Å². The van der Waals surface area contributed by atoms with Gasteiger partial charge in [0.1, 0.15) is 11.2 Å². The quantitative estimate of drug-likeness (QED) is 0.163. The van der Waals surface area contributed by atoms with Crippen molar-refractivity contribution < 1.29 is 4.42 Å². The summed E-state index contributed by atoms with van der Waals surface area (Å²) in [5.41, 5.74) is 16.4. The number of para-hydroxylation sites is 2. The Kier molecular flexibility index (Phi) is 7.75. The highest BCUT2D eigenvalue weighted by Crippen LogP contribution is 2.58. The van der Waals surface area contributed by atoms with Crippen molar-refractivity contribution in [3.05, 3.63) is 247 Å². The van der Waals surface area contributed by atoms with Crippen molar-refractivity contribution in [2.75, 3.05) is 4.90 Å². The van der Waals surface area contributed by atoms with Gasteiger partial charge in [-0.3, -0.25) is 0 Å². The maximum Gasteiger partial charge on any atom is 0.140 e. The number of furan rings is 1. The summed E-state index contributed by atoms with van der Waals surface area (Å²) in [5, 5.41) is 2.16. The molecule has 0 atom stereocenters. The minimum atomic E-state index is -0.588. The number of fused-ring (bicyclic) bond motifs is 6. The third-order valence-corrected chi connectivity index (χ3v) is 11.7. The van der Waals surface area contributed by atoms with Crippen LogP contribution in [0.15, 0.2) is 229 Å². The summed E-state index contributed by atoms with van der Waals surface area (Å²) < 4.78 is 7.19. The van der Waals surface area contributed by atoms with Gasteiger partial charge in [0.15, 0.2) is 0 Å². The lowest BCUT2D eigenvalue weighted by molar-refractivity contribution is 0.648. The van der Waals surface area contributed by atoms with Crippen LogP contribution in [0.25, 0.3) is 55.3 Å². The summed E-state index contributed by atoms with van der Waals surface area (Å²) in [6.07, 6.45) is 0. The normalized spacial score (nSPS) is 12.7. The summed E-state index contributed by atoms with van der Waals surface area (Å²) in [7, 11) is 0. The van der Waals surface area contributed by atoms with Crippen molar-refractivity contribution in [2.24, 2.45) is 0 Å². The number of benzene rings is 9. The topological polar surface area (TPSA) is 16.4 Å². The molecule has 1 aliphatic rings. The summed E-state index contributed by atoms with van der Waals surface area (Å²) in [5.74, 6) is 0. The summed E-state index contributed by atoms with van der Waals surface area (Å²) in [4.78, 5) is 2.40. The van der Waals surface area contributed by atoms with E-state index < -0.39 is 5.41 Å². The number of anilines is 3. The van der Waals surface area contributed by atoms with E-state index in [1.807, 2.05) is 0 Å². The fraction of sp³-hybridized carbons (Fsp3) is 0.0182. The Morgan fingerprint density at radius 3 is 1.49 bits per heavy atom. The molecule has 0 aliphatic heterocycles. The molecule has 57 heavy (non-hydrogen) atoms. The van der Waals surface area contributed by atoms with Crippen LogP contribution in [0.4, 0.5) is 17.1 Å². The van der Waals surface area contributed by atoms with Crippen molar-refractivity contribution in [1.29, 1.82) is 0 Å². The monoisotopic (exact) mass is 727 g/mol. The third kappa shape index (κ3) is 5.18. The number of hydrogen-bond donors (Lipinski definition) is 0. The molecule has 1 aromatic heterocycles. The van der Waals surface area contributed by atoms with E-state index >= 15 is 0 Å². The molecule has 0 fully saturated rings. The highest BCUT2D eigenvalue weighted by Gasteiger charge is 2.47.